The van der Waals surface area contributed by atoms with Gasteiger partial charge in [-0.2, -0.15) is 0 Å². The summed E-state index contributed by atoms with van der Waals surface area (Å²) in [4.78, 5) is 10.2. The number of hydrogen-bond acceptors (Lipinski definition) is 4. The largest absolute Gasteiger partial charge is 0.445 e. The maximum absolute atomic E-state index is 10.2. The molecular formula is C5H11N3O2. The summed E-state index contributed by atoms with van der Waals surface area (Å²) in [6, 6.07) is 0. The van der Waals surface area contributed by atoms with E-state index in [0.29, 0.717) is 6.54 Å². The van der Waals surface area contributed by atoms with E-state index < -0.39 is 6.09 Å². The fraction of sp³-hybridized carbons (Fsp3) is 0.800. The lowest BCUT2D eigenvalue weighted by Gasteiger charge is -2.08. The van der Waals surface area contributed by atoms with Crippen LogP contribution in [-0.2, 0) is 4.74 Å². The van der Waals surface area contributed by atoms with Gasteiger partial charge in [-0.1, -0.05) is 0 Å². The minimum Gasteiger partial charge on any atom is -0.445 e. The van der Waals surface area contributed by atoms with Crippen molar-refractivity contribution in [3.8, 4) is 0 Å². The van der Waals surface area contributed by atoms with Gasteiger partial charge in [0, 0.05) is 6.54 Å². The van der Waals surface area contributed by atoms with Crippen molar-refractivity contribution in [3.05, 3.63) is 0 Å². The topological polar surface area (TPSA) is 81.6 Å². The Morgan fingerprint density at radius 2 is 2.40 bits per heavy atom. The lowest BCUT2D eigenvalue weighted by atomic mass is 10.3. The summed E-state index contributed by atoms with van der Waals surface area (Å²) < 4.78 is 4.70. The van der Waals surface area contributed by atoms with Crippen LogP contribution in [0.4, 0.5) is 4.79 Å². The van der Waals surface area contributed by atoms with Crippen molar-refractivity contribution in [1.29, 1.82) is 0 Å². The summed E-state index contributed by atoms with van der Waals surface area (Å²) in [7, 11) is 0. The highest BCUT2D eigenvalue weighted by Crippen LogP contribution is 2.07. The average molecular weight is 145 g/mol. The minimum atomic E-state index is -0.722. The first-order valence-corrected chi connectivity index (χ1v) is 3.14. The molecule has 0 aromatic rings. The number of hydrogen-bond donors (Lipinski definition) is 2. The van der Waals surface area contributed by atoms with E-state index in [0.717, 1.165) is 13.0 Å². The number of carbonyl (C=O) groups is 1. The molecule has 0 unspecified atom stereocenters. The molecule has 5 heteroatoms. The molecule has 1 atom stereocenters. The Morgan fingerprint density at radius 1 is 1.70 bits per heavy atom. The Hall–Kier alpha value is -0.810. The van der Waals surface area contributed by atoms with Gasteiger partial charge < -0.3 is 10.5 Å². The van der Waals surface area contributed by atoms with Crippen molar-refractivity contribution in [2.75, 3.05) is 13.1 Å². The predicted octanol–water partition coefficient (Wildman–Crippen LogP) is -0.970. The van der Waals surface area contributed by atoms with Gasteiger partial charge in [0.1, 0.15) is 6.10 Å². The zero-order valence-corrected chi connectivity index (χ0v) is 5.62. The van der Waals surface area contributed by atoms with Crippen molar-refractivity contribution in [1.82, 2.24) is 5.01 Å². The highest BCUT2D eigenvalue weighted by molar-refractivity contribution is 5.64. The van der Waals surface area contributed by atoms with E-state index in [1.54, 1.807) is 5.01 Å². The van der Waals surface area contributed by atoms with Crippen LogP contribution in [0.5, 0.6) is 0 Å². The Kier molecular flexibility index (Phi) is 2.08. The molecule has 0 radical (unpaired) electrons. The summed E-state index contributed by atoms with van der Waals surface area (Å²) in [6.07, 6.45) is -0.0535. The molecule has 58 valence electrons. The van der Waals surface area contributed by atoms with Crippen molar-refractivity contribution >= 4 is 6.09 Å². The molecule has 10 heavy (non-hydrogen) atoms. The second kappa shape index (κ2) is 2.85. The van der Waals surface area contributed by atoms with E-state index in [4.69, 9.17) is 16.3 Å². The molecule has 0 spiro atoms. The average Bonchev–Trinajstić information content (AvgIpc) is 2.13. The fourth-order valence-electron chi connectivity index (χ4n) is 1.01. The van der Waals surface area contributed by atoms with E-state index in [2.05, 4.69) is 0 Å². The number of nitrogens with zero attached hydrogens (tertiary/aromatic N) is 1. The number of rotatable bonds is 1. The van der Waals surface area contributed by atoms with Crippen molar-refractivity contribution in [2.45, 2.75) is 12.5 Å². The zero-order valence-electron chi connectivity index (χ0n) is 5.62. The van der Waals surface area contributed by atoms with Crippen molar-refractivity contribution in [2.24, 2.45) is 11.6 Å². The number of primary amides is 1. The van der Waals surface area contributed by atoms with Crippen LogP contribution < -0.4 is 11.6 Å². The summed E-state index contributed by atoms with van der Waals surface area (Å²) >= 11 is 0. The van der Waals surface area contributed by atoms with Crippen molar-refractivity contribution < 1.29 is 9.53 Å². The van der Waals surface area contributed by atoms with Crippen LogP contribution in [0.3, 0.4) is 0 Å². The fourth-order valence-corrected chi connectivity index (χ4v) is 1.01. The van der Waals surface area contributed by atoms with Crippen molar-refractivity contribution in [3.63, 3.8) is 0 Å². The molecule has 0 saturated carbocycles. The van der Waals surface area contributed by atoms with Gasteiger partial charge in [-0.15, -0.1) is 0 Å². The van der Waals surface area contributed by atoms with E-state index in [-0.39, 0.29) is 6.10 Å². The van der Waals surface area contributed by atoms with Crippen LogP contribution in [0.15, 0.2) is 0 Å². The third kappa shape index (κ3) is 1.85. The molecular weight excluding hydrogens is 134 g/mol. The Labute approximate surface area is 58.9 Å². The van der Waals surface area contributed by atoms with Gasteiger partial charge in [0.05, 0.1) is 6.54 Å². The zero-order chi connectivity index (χ0) is 7.56. The van der Waals surface area contributed by atoms with Gasteiger partial charge >= 0.3 is 6.09 Å². The Balaban J connectivity index is 2.24. The molecule has 1 aliphatic rings. The van der Waals surface area contributed by atoms with Crippen LogP contribution >= 0.6 is 0 Å². The van der Waals surface area contributed by atoms with E-state index >= 15 is 0 Å². The molecule has 1 amide bonds. The number of nitrogens with two attached hydrogens (primary N) is 2. The highest BCUT2D eigenvalue weighted by Gasteiger charge is 2.22. The summed E-state index contributed by atoms with van der Waals surface area (Å²) in [5.41, 5.74) is 4.80. The van der Waals surface area contributed by atoms with Crippen LogP contribution in [0.1, 0.15) is 6.42 Å². The summed E-state index contributed by atoms with van der Waals surface area (Å²) in [5, 5.41) is 1.60. The maximum atomic E-state index is 10.2. The molecule has 0 bridgehead atoms. The molecule has 5 nitrogen and oxygen atoms in total. The molecule has 1 fully saturated rings. The number of carbonyl (C=O) groups excluding carboxylic acids is 1. The van der Waals surface area contributed by atoms with Crippen LogP contribution in [-0.4, -0.2) is 30.3 Å². The van der Waals surface area contributed by atoms with Gasteiger partial charge in [0.2, 0.25) is 0 Å². The first-order valence-electron chi connectivity index (χ1n) is 3.14. The lowest BCUT2D eigenvalue weighted by molar-refractivity contribution is 0.109. The lowest BCUT2D eigenvalue weighted by Crippen LogP contribution is -2.31. The molecule has 1 heterocycles. The highest BCUT2D eigenvalue weighted by atomic mass is 16.6. The first-order chi connectivity index (χ1) is 4.68. The minimum absolute atomic E-state index is 0.109. The molecule has 1 aliphatic heterocycles. The molecule has 4 N–H and O–H groups in total. The van der Waals surface area contributed by atoms with Gasteiger partial charge in [-0.25, -0.2) is 9.80 Å². The maximum Gasteiger partial charge on any atom is 0.404 e. The third-order valence-corrected chi connectivity index (χ3v) is 1.46. The van der Waals surface area contributed by atoms with Crippen LogP contribution in [0.2, 0.25) is 0 Å². The Bertz CT molecular complexity index is 139. The van der Waals surface area contributed by atoms with Gasteiger partial charge in [-0.3, -0.25) is 5.84 Å². The van der Waals surface area contributed by atoms with E-state index in [1.165, 1.54) is 0 Å². The van der Waals surface area contributed by atoms with E-state index in [9.17, 15) is 4.79 Å². The molecule has 1 saturated heterocycles. The second-order valence-corrected chi connectivity index (χ2v) is 2.34. The standard InChI is InChI=1S/C5H11N3O2/c6-5(9)10-4-1-2-8(7)3-4/h4H,1-3,7H2,(H2,6,9)/t4-/m1/s1. The predicted molar refractivity (Wildman–Crippen MR) is 34.8 cm³/mol. The number of hydrazine groups is 1. The van der Waals surface area contributed by atoms with Crippen LogP contribution in [0.25, 0.3) is 0 Å². The molecule has 0 aliphatic carbocycles. The van der Waals surface area contributed by atoms with Gasteiger partial charge in [-0.05, 0) is 6.42 Å². The van der Waals surface area contributed by atoms with E-state index in [1.807, 2.05) is 0 Å². The molecule has 1 rings (SSSR count). The smallest absolute Gasteiger partial charge is 0.404 e. The monoisotopic (exact) mass is 145 g/mol. The second-order valence-electron chi connectivity index (χ2n) is 2.34. The number of ether oxygens (including phenoxy) is 1. The molecule has 0 aromatic heterocycles. The van der Waals surface area contributed by atoms with Gasteiger partial charge in [0.15, 0.2) is 0 Å². The summed E-state index contributed by atoms with van der Waals surface area (Å²) in [5.74, 6) is 5.40. The normalized spacial score (nSPS) is 26.7. The quantitative estimate of drug-likeness (QED) is 0.465. The van der Waals surface area contributed by atoms with Gasteiger partial charge in [0.25, 0.3) is 0 Å². The first kappa shape index (κ1) is 7.30. The number of amides is 1. The van der Waals surface area contributed by atoms with Crippen LogP contribution in [0, 0.1) is 0 Å². The third-order valence-electron chi connectivity index (χ3n) is 1.46. The Morgan fingerprint density at radius 3 is 2.80 bits per heavy atom. The summed E-state index contributed by atoms with van der Waals surface area (Å²) in [6.45, 7) is 1.35. The SMILES string of the molecule is NC(=O)O[C@@H]1CCN(N)C1. The molecule has 0 aromatic carbocycles.